The highest BCUT2D eigenvalue weighted by Gasteiger charge is 2.55. The van der Waals surface area contributed by atoms with Crippen LogP contribution < -0.4 is 9.80 Å². The van der Waals surface area contributed by atoms with Gasteiger partial charge in [-0.3, -0.25) is 0 Å². The van der Waals surface area contributed by atoms with E-state index in [4.69, 9.17) is 0 Å². The van der Waals surface area contributed by atoms with E-state index in [1.54, 1.807) is 0 Å². The molecule has 0 saturated heterocycles. The monoisotopic (exact) mass is 970 g/mol. The number of fused-ring (bicyclic) bond motifs is 6. The number of allylic oxidation sites excluding steroid dienone is 4. The van der Waals surface area contributed by atoms with E-state index < -0.39 is 10.8 Å². The maximum Gasteiger partial charge on any atom is 0.0715 e. The molecular formula is C74H54N2. The number of nitrogens with zero attached hydrogens (tertiary/aromatic N) is 2. The normalized spacial score (nSPS) is 17.3. The average Bonchev–Trinajstić information content (AvgIpc) is 4.21. The lowest BCUT2D eigenvalue weighted by atomic mass is 9.62. The lowest BCUT2D eigenvalue weighted by molar-refractivity contribution is 0.456. The molecular weight excluding hydrogens is 917 g/mol. The van der Waals surface area contributed by atoms with E-state index in [1.165, 1.54) is 66.8 Å². The minimum Gasteiger partial charge on any atom is -0.310 e. The molecule has 3 aliphatic carbocycles. The molecule has 0 saturated carbocycles. The molecule has 14 rings (SSSR count). The Morgan fingerprint density at radius 3 is 1.37 bits per heavy atom. The second kappa shape index (κ2) is 18.8. The van der Waals surface area contributed by atoms with E-state index in [-0.39, 0.29) is 11.8 Å². The molecule has 11 aromatic carbocycles. The van der Waals surface area contributed by atoms with E-state index in [0.29, 0.717) is 0 Å². The summed E-state index contributed by atoms with van der Waals surface area (Å²) in [7, 11) is 0. The Bertz CT molecular complexity index is 3830. The molecule has 2 heteroatoms. The van der Waals surface area contributed by atoms with Crippen molar-refractivity contribution in [1.82, 2.24) is 0 Å². The van der Waals surface area contributed by atoms with Crippen molar-refractivity contribution in [3.05, 3.63) is 360 Å². The quantitative estimate of drug-likeness (QED) is 0.127. The summed E-state index contributed by atoms with van der Waals surface area (Å²) in [5.74, 6) is 0.362. The lowest BCUT2D eigenvalue weighted by Gasteiger charge is -2.40. The Balaban J connectivity index is 1.12. The van der Waals surface area contributed by atoms with Gasteiger partial charge in [-0.25, -0.2) is 0 Å². The summed E-state index contributed by atoms with van der Waals surface area (Å²) < 4.78 is 0. The largest absolute Gasteiger partial charge is 0.310 e. The van der Waals surface area contributed by atoms with E-state index in [2.05, 4.69) is 325 Å². The first-order valence-corrected chi connectivity index (χ1v) is 26.6. The maximum atomic E-state index is 2.63. The van der Waals surface area contributed by atoms with Gasteiger partial charge in [-0.1, -0.05) is 255 Å². The molecule has 0 aromatic heterocycles. The maximum absolute atomic E-state index is 2.63. The minimum absolute atomic E-state index is 0.166. The summed E-state index contributed by atoms with van der Waals surface area (Å²) >= 11 is 0. The number of rotatable bonds is 11. The Morgan fingerprint density at radius 1 is 0.303 bits per heavy atom. The standard InChI is InChI=1S/C74H54N2/c1-8-26-53(27-9-1)54-44-47-62(48-45-54)76(61-38-20-7-21-39-61)71-52-63(75(59-34-16-5-17-35-59)60-36-18-6-19-37-60)51-70-72(71)66-41-23-25-43-68(66)74(70,57-32-14-4-15-33-57)58-46-49-65-64-40-22-24-42-67(64)73(69(65)50-58,55-28-10-2-11-29-55)56-30-12-3-13-31-56/h1-52,64,67H. The molecule has 76 heavy (non-hydrogen) atoms. The van der Waals surface area contributed by atoms with Crippen LogP contribution in [0, 0.1) is 5.92 Å². The third-order valence-electron chi connectivity index (χ3n) is 16.5. The highest BCUT2D eigenvalue weighted by molar-refractivity contribution is 6.00. The third kappa shape index (κ3) is 7.09. The zero-order valence-corrected chi connectivity index (χ0v) is 42.1. The SMILES string of the molecule is C1=CC2c3ccc(C4(c5ccccc5)c5ccccc5-c5c(N(c6ccccc6)c6ccc(-c7ccccc7)cc6)cc(N(c6ccccc6)c6ccccc6)cc54)cc3C(c3ccccc3)(c3ccccc3)C2C=C1. The zero-order valence-electron chi connectivity index (χ0n) is 42.1. The van der Waals surface area contributed by atoms with Gasteiger partial charge in [0.1, 0.15) is 0 Å². The van der Waals surface area contributed by atoms with Gasteiger partial charge >= 0.3 is 0 Å². The molecule has 0 amide bonds. The van der Waals surface area contributed by atoms with Crippen LogP contribution in [0.1, 0.15) is 50.4 Å². The first kappa shape index (κ1) is 45.1. The van der Waals surface area contributed by atoms with E-state index in [9.17, 15) is 0 Å². The minimum atomic E-state index is -0.774. The van der Waals surface area contributed by atoms with Crippen LogP contribution in [-0.2, 0) is 10.8 Å². The van der Waals surface area contributed by atoms with Crippen LogP contribution >= 0.6 is 0 Å². The summed E-state index contributed by atoms with van der Waals surface area (Å²) in [5, 5.41) is 0. The second-order valence-corrected chi connectivity index (χ2v) is 20.3. The van der Waals surface area contributed by atoms with Crippen molar-refractivity contribution in [3.63, 3.8) is 0 Å². The van der Waals surface area contributed by atoms with E-state index in [1.807, 2.05) is 0 Å². The van der Waals surface area contributed by atoms with Gasteiger partial charge in [-0.15, -0.1) is 0 Å². The fourth-order valence-electron chi connectivity index (χ4n) is 13.4. The van der Waals surface area contributed by atoms with Gasteiger partial charge in [0.2, 0.25) is 0 Å². The van der Waals surface area contributed by atoms with Crippen LogP contribution in [0.2, 0.25) is 0 Å². The molecule has 3 aliphatic rings. The molecule has 0 spiro atoms. The van der Waals surface area contributed by atoms with Crippen molar-refractivity contribution >= 4 is 34.1 Å². The molecule has 360 valence electrons. The number of para-hydroxylation sites is 3. The summed E-state index contributed by atoms with van der Waals surface area (Å²) in [4.78, 5) is 4.93. The van der Waals surface area contributed by atoms with Gasteiger partial charge in [-0.05, 0) is 122 Å². The predicted octanol–water partition coefficient (Wildman–Crippen LogP) is 18.8. The van der Waals surface area contributed by atoms with Crippen molar-refractivity contribution in [1.29, 1.82) is 0 Å². The van der Waals surface area contributed by atoms with Gasteiger partial charge in [0, 0.05) is 45.8 Å². The lowest BCUT2D eigenvalue weighted by Crippen LogP contribution is -2.35. The van der Waals surface area contributed by atoms with Crippen LogP contribution in [0.3, 0.4) is 0 Å². The fraction of sp³-hybridized carbons (Fsp3) is 0.0541. The molecule has 0 radical (unpaired) electrons. The molecule has 0 aliphatic heterocycles. The fourth-order valence-corrected chi connectivity index (χ4v) is 13.4. The molecule has 3 unspecified atom stereocenters. The second-order valence-electron chi connectivity index (χ2n) is 20.3. The molecule has 11 aromatic rings. The molecule has 0 heterocycles. The van der Waals surface area contributed by atoms with Crippen LogP contribution in [-0.4, -0.2) is 0 Å². The molecule has 0 fully saturated rings. The van der Waals surface area contributed by atoms with Gasteiger partial charge in [0.15, 0.2) is 0 Å². The predicted molar refractivity (Wildman–Crippen MR) is 316 cm³/mol. The first-order valence-electron chi connectivity index (χ1n) is 26.6. The van der Waals surface area contributed by atoms with E-state index >= 15 is 0 Å². The summed E-state index contributed by atoms with van der Waals surface area (Å²) in [6, 6.07) is 108. The number of hydrogen-bond acceptors (Lipinski definition) is 2. The van der Waals surface area contributed by atoms with E-state index in [0.717, 1.165) is 34.1 Å². The number of anilines is 6. The van der Waals surface area contributed by atoms with Crippen LogP contribution in [0.15, 0.2) is 315 Å². The smallest absolute Gasteiger partial charge is 0.0715 e. The highest BCUT2D eigenvalue weighted by atomic mass is 15.2. The Labute approximate surface area is 446 Å². The van der Waals surface area contributed by atoms with Crippen molar-refractivity contribution in [3.8, 4) is 22.3 Å². The average molecular weight is 971 g/mol. The van der Waals surface area contributed by atoms with Crippen LogP contribution in [0.5, 0.6) is 0 Å². The summed E-state index contributed by atoms with van der Waals surface area (Å²) in [6.07, 6.45) is 9.43. The van der Waals surface area contributed by atoms with Crippen molar-refractivity contribution in [2.24, 2.45) is 5.92 Å². The number of hydrogen-bond donors (Lipinski definition) is 0. The van der Waals surface area contributed by atoms with Gasteiger partial charge in [0.25, 0.3) is 0 Å². The summed E-state index contributed by atoms with van der Waals surface area (Å²) in [5.41, 5.74) is 20.3. The highest BCUT2D eigenvalue weighted by Crippen LogP contribution is 2.64. The van der Waals surface area contributed by atoms with Gasteiger partial charge in [0.05, 0.1) is 16.5 Å². The van der Waals surface area contributed by atoms with Crippen LogP contribution in [0.25, 0.3) is 22.3 Å². The molecule has 0 N–H and O–H groups in total. The molecule has 2 nitrogen and oxygen atoms in total. The van der Waals surface area contributed by atoms with Crippen molar-refractivity contribution in [2.45, 2.75) is 16.7 Å². The zero-order chi connectivity index (χ0) is 50.5. The Hall–Kier alpha value is -9.50. The van der Waals surface area contributed by atoms with Crippen molar-refractivity contribution < 1.29 is 0 Å². The Morgan fingerprint density at radius 2 is 0.776 bits per heavy atom. The molecule has 0 bridgehead atoms. The van der Waals surface area contributed by atoms with Gasteiger partial charge in [-0.2, -0.15) is 0 Å². The number of benzene rings is 11. The van der Waals surface area contributed by atoms with Crippen LogP contribution in [0.4, 0.5) is 34.1 Å². The topological polar surface area (TPSA) is 6.48 Å². The summed E-state index contributed by atoms with van der Waals surface area (Å²) in [6.45, 7) is 0. The van der Waals surface area contributed by atoms with Gasteiger partial charge < -0.3 is 9.80 Å². The third-order valence-corrected chi connectivity index (χ3v) is 16.5. The first-order chi connectivity index (χ1) is 37.7. The van der Waals surface area contributed by atoms with Crippen molar-refractivity contribution in [2.75, 3.05) is 9.80 Å². The molecule has 3 atom stereocenters. The Kier molecular flexibility index (Phi) is 11.1.